The van der Waals surface area contributed by atoms with Crippen LogP contribution in [0.5, 0.6) is 0 Å². The average molecular weight is 382 g/mol. The molecule has 0 amide bonds. The van der Waals surface area contributed by atoms with Crippen molar-refractivity contribution in [2.75, 3.05) is 0 Å². The van der Waals surface area contributed by atoms with Crippen molar-refractivity contribution in [3.05, 3.63) is 72.8 Å². The molecule has 25 heavy (non-hydrogen) atoms. The smallest absolute Gasteiger partial charge is 0.381 e. The van der Waals surface area contributed by atoms with E-state index in [9.17, 15) is 14.4 Å². The molecule has 0 spiro atoms. The first-order valence-corrected chi connectivity index (χ1v) is 13.0. The van der Waals surface area contributed by atoms with E-state index < -0.39 is 25.3 Å². The molecule has 0 saturated carbocycles. The van der Waals surface area contributed by atoms with Crippen molar-refractivity contribution in [3.63, 3.8) is 0 Å². The van der Waals surface area contributed by atoms with Gasteiger partial charge in [0.2, 0.25) is 0 Å². The van der Waals surface area contributed by atoms with Gasteiger partial charge in [-0.3, -0.25) is 0 Å². The van der Waals surface area contributed by atoms with Crippen LogP contribution in [0.3, 0.4) is 0 Å². The number of hydrogen-bond donors (Lipinski definition) is 3. The van der Waals surface area contributed by atoms with Gasteiger partial charge in [0.05, 0.1) is 0 Å². The van der Waals surface area contributed by atoms with Crippen LogP contribution in [0.4, 0.5) is 0 Å². The van der Waals surface area contributed by atoms with E-state index in [0.29, 0.717) is 0 Å². The lowest BCUT2D eigenvalue weighted by Crippen LogP contribution is -2.75. The Kier molecular flexibility index (Phi) is 3.24. The van der Waals surface area contributed by atoms with Crippen molar-refractivity contribution in [3.8, 4) is 0 Å². The third-order valence-electron chi connectivity index (χ3n) is 4.82. The Labute approximate surface area is 148 Å². The molecule has 124 valence electrons. The molecule has 3 heterocycles. The second-order valence-electron chi connectivity index (χ2n) is 6.34. The minimum absolute atomic E-state index is 0.659. The van der Waals surface area contributed by atoms with Crippen molar-refractivity contribution >= 4 is 56.8 Å². The summed E-state index contributed by atoms with van der Waals surface area (Å²) in [5, 5.41) is 6.42. The number of hydrogen-bond acceptors (Lipinski definition) is 4. The monoisotopic (exact) mass is 382 g/mol. The Morgan fingerprint density at radius 1 is 0.680 bits per heavy atom. The van der Waals surface area contributed by atoms with Crippen molar-refractivity contribution in [2.24, 2.45) is 0 Å². The lowest BCUT2D eigenvalue weighted by atomic mass is 10.3. The van der Waals surface area contributed by atoms with Gasteiger partial charge in [0.1, 0.15) is 0 Å². The normalized spacial score (nSPS) is 22.9. The van der Waals surface area contributed by atoms with Gasteiger partial charge in [-0.2, -0.15) is 0 Å². The van der Waals surface area contributed by atoms with E-state index in [0.717, 1.165) is 15.6 Å². The van der Waals surface area contributed by atoms with Crippen LogP contribution in [0, 0.1) is 0 Å². The fourth-order valence-corrected chi connectivity index (χ4v) is 12.8. The van der Waals surface area contributed by atoms with E-state index in [1.807, 2.05) is 36.4 Å². The summed E-state index contributed by atoms with van der Waals surface area (Å²) in [6.45, 7) is 0. The fourth-order valence-electron chi connectivity index (χ4n) is 3.92. The zero-order valence-electron chi connectivity index (χ0n) is 13.1. The van der Waals surface area contributed by atoms with Crippen molar-refractivity contribution in [2.45, 2.75) is 0 Å². The van der Waals surface area contributed by atoms with Gasteiger partial charge in [0.15, 0.2) is 0 Å². The molecule has 4 nitrogen and oxygen atoms in total. The third-order valence-corrected chi connectivity index (χ3v) is 12.9. The van der Waals surface area contributed by atoms with Crippen LogP contribution >= 0.6 is 7.92 Å². The average Bonchev–Trinajstić information content (AvgIpc) is 2.59. The highest BCUT2D eigenvalue weighted by Crippen LogP contribution is 2.35. The Morgan fingerprint density at radius 2 is 1.08 bits per heavy atom. The lowest BCUT2D eigenvalue weighted by molar-refractivity contribution is 0.128. The second-order valence-corrected chi connectivity index (χ2v) is 13.6. The molecule has 3 aromatic rings. The minimum Gasteiger partial charge on any atom is -0.381 e. The standard InChI is InChI=1S/C18H15O4PSi2/c19-25(20,21)22-24-16-7-1-4-13(10-16)23(14-5-2-8-17(24)11-14)15-6-3-9-18(24)12-15/h1-12,19-21H. The number of rotatable bonds is 2. The maximum Gasteiger partial charge on any atom is 0.661 e. The van der Waals surface area contributed by atoms with Crippen LogP contribution in [0.25, 0.3) is 0 Å². The molecule has 3 aliphatic rings. The second kappa shape index (κ2) is 5.19. The third kappa shape index (κ3) is 2.24. The van der Waals surface area contributed by atoms with Gasteiger partial charge in [-0.15, -0.1) is 0 Å². The first kappa shape index (κ1) is 15.6. The fraction of sp³-hybridized carbons (Fsp3) is 0. The summed E-state index contributed by atoms with van der Waals surface area (Å²) in [4.78, 5) is 29.7. The Hall–Kier alpha value is -1.64. The van der Waals surface area contributed by atoms with Crippen LogP contribution in [0.1, 0.15) is 0 Å². The van der Waals surface area contributed by atoms with E-state index in [4.69, 9.17) is 4.12 Å². The highest BCUT2D eigenvalue weighted by molar-refractivity contribution is 7.80. The zero-order chi connectivity index (χ0) is 17.2. The Balaban J connectivity index is 1.97. The molecule has 3 aromatic carbocycles. The van der Waals surface area contributed by atoms with Crippen molar-refractivity contribution < 1.29 is 18.5 Å². The molecule has 0 unspecified atom stereocenters. The van der Waals surface area contributed by atoms with Crippen LogP contribution in [-0.4, -0.2) is 31.8 Å². The van der Waals surface area contributed by atoms with E-state index in [1.165, 1.54) is 15.9 Å². The first-order chi connectivity index (χ1) is 12.0. The van der Waals surface area contributed by atoms with Gasteiger partial charge in [-0.05, 0) is 39.4 Å². The van der Waals surface area contributed by atoms with Gasteiger partial charge in [0, 0.05) is 0 Å². The van der Waals surface area contributed by atoms with Gasteiger partial charge < -0.3 is 18.5 Å². The van der Waals surface area contributed by atoms with Gasteiger partial charge in [0.25, 0.3) is 8.32 Å². The summed E-state index contributed by atoms with van der Waals surface area (Å²) in [6, 6.07) is 24.6. The highest BCUT2D eigenvalue weighted by atomic mass is 31.1. The molecular formula is C18H15O4PSi2. The molecular weight excluding hydrogens is 367 g/mol. The van der Waals surface area contributed by atoms with Gasteiger partial charge in [-0.1, -0.05) is 72.8 Å². The maximum atomic E-state index is 9.90. The SMILES string of the molecule is O[Si](O)(O)O[Si]12c3cccc(c3)P(c3cccc1c3)c1cccc2c1. The molecule has 0 fully saturated rings. The molecule has 0 aromatic heterocycles. The van der Waals surface area contributed by atoms with Gasteiger partial charge in [-0.25, -0.2) is 0 Å². The Bertz CT molecular complexity index is 886. The van der Waals surface area contributed by atoms with E-state index in [-0.39, 0.29) is 0 Å². The highest BCUT2D eigenvalue weighted by Gasteiger charge is 2.52. The Morgan fingerprint density at radius 3 is 1.44 bits per heavy atom. The molecule has 0 aliphatic carbocycles. The molecule has 7 heteroatoms. The summed E-state index contributed by atoms with van der Waals surface area (Å²) < 4.78 is 5.84. The molecule has 0 radical (unpaired) electrons. The van der Waals surface area contributed by atoms with Crippen LogP contribution in [-0.2, 0) is 4.12 Å². The van der Waals surface area contributed by atoms with Crippen molar-refractivity contribution in [1.29, 1.82) is 0 Å². The quantitative estimate of drug-likeness (QED) is 0.372. The maximum absolute atomic E-state index is 9.90. The van der Waals surface area contributed by atoms with Crippen LogP contribution in [0.2, 0.25) is 0 Å². The van der Waals surface area contributed by atoms with E-state index in [1.54, 1.807) is 0 Å². The topological polar surface area (TPSA) is 69.9 Å². The summed E-state index contributed by atoms with van der Waals surface area (Å²) >= 11 is 0. The van der Waals surface area contributed by atoms with Crippen LogP contribution < -0.4 is 31.5 Å². The van der Waals surface area contributed by atoms with E-state index in [2.05, 4.69) is 36.4 Å². The molecule has 3 aliphatic heterocycles. The lowest BCUT2D eigenvalue weighted by Gasteiger charge is -2.39. The predicted molar refractivity (Wildman–Crippen MR) is 103 cm³/mol. The van der Waals surface area contributed by atoms with Gasteiger partial charge >= 0.3 is 9.05 Å². The predicted octanol–water partition coefficient (Wildman–Crippen LogP) is -1.53. The van der Waals surface area contributed by atoms with E-state index >= 15 is 0 Å². The summed E-state index contributed by atoms with van der Waals surface area (Å²) in [5.41, 5.74) is 0. The van der Waals surface area contributed by atoms with Crippen molar-refractivity contribution in [1.82, 2.24) is 0 Å². The van der Waals surface area contributed by atoms with Crippen LogP contribution in [0.15, 0.2) is 72.8 Å². The summed E-state index contributed by atoms with van der Waals surface area (Å²) in [7, 11) is -8.62. The first-order valence-electron chi connectivity index (χ1n) is 7.96. The molecule has 3 N–H and O–H groups in total. The minimum atomic E-state index is -4.76. The molecule has 6 rings (SSSR count). The molecule has 0 atom stereocenters. The molecule has 0 saturated heterocycles. The molecule has 8 bridgehead atoms. The summed E-state index contributed by atoms with van der Waals surface area (Å²) in [5.74, 6) is 0. The number of benzene rings is 3. The summed E-state index contributed by atoms with van der Waals surface area (Å²) in [6.07, 6.45) is 0. The largest absolute Gasteiger partial charge is 0.661 e. The zero-order valence-corrected chi connectivity index (χ0v) is 16.0.